The highest BCUT2D eigenvalue weighted by atomic mass is 19.3. The summed E-state index contributed by atoms with van der Waals surface area (Å²) in [6.07, 6.45) is -0.180. The number of ether oxygens (including phenoxy) is 1. The van der Waals surface area contributed by atoms with Crippen LogP contribution in [0.3, 0.4) is 0 Å². The van der Waals surface area contributed by atoms with E-state index in [0.717, 1.165) is 6.92 Å². The summed E-state index contributed by atoms with van der Waals surface area (Å²) >= 11 is 0. The molecule has 0 aliphatic rings. The zero-order valence-electron chi connectivity index (χ0n) is 7.87. The quantitative estimate of drug-likeness (QED) is 0.613. The minimum Gasteiger partial charge on any atom is -0.382 e. The number of halogens is 3. The van der Waals surface area contributed by atoms with Crippen LogP contribution in [0.5, 0.6) is 0 Å². The Balaban J connectivity index is 0. The molecule has 0 unspecified atom stereocenters. The lowest BCUT2D eigenvalue weighted by Gasteiger charge is -2.08. The molecular formula is C8H17F3O. The Kier molecular flexibility index (Phi) is 10.5. The molecule has 0 spiro atoms. The topological polar surface area (TPSA) is 9.23 Å². The summed E-state index contributed by atoms with van der Waals surface area (Å²) < 4.78 is 39.0. The average Bonchev–Trinajstić information content (AvgIpc) is 1.87. The van der Waals surface area contributed by atoms with Crippen LogP contribution < -0.4 is 0 Å². The SMILES string of the molecule is CCF.CCOCCC(C)(F)F. The second kappa shape index (κ2) is 8.84. The molecule has 0 fully saturated rings. The van der Waals surface area contributed by atoms with Crippen molar-refractivity contribution < 1.29 is 17.9 Å². The first-order chi connectivity index (χ1) is 5.47. The lowest BCUT2D eigenvalue weighted by atomic mass is 10.3. The number of hydrogen-bond acceptors (Lipinski definition) is 1. The Morgan fingerprint density at radius 3 is 1.92 bits per heavy atom. The summed E-state index contributed by atoms with van der Waals surface area (Å²) in [5.41, 5.74) is 0. The van der Waals surface area contributed by atoms with Crippen LogP contribution in [-0.4, -0.2) is 25.8 Å². The number of hydrogen-bond donors (Lipinski definition) is 0. The fraction of sp³-hybridized carbons (Fsp3) is 1.00. The van der Waals surface area contributed by atoms with Crippen molar-refractivity contribution in [1.82, 2.24) is 0 Å². The molecule has 0 radical (unpaired) electrons. The smallest absolute Gasteiger partial charge is 0.247 e. The van der Waals surface area contributed by atoms with Crippen LogP contribution in [0, 0.1) is 0 Å². The molecule has 0 aliphatic carbocycles. The molecule has 1 nitrogen and oxygen atoms in total. The molecule has 12 heavy (non-hydrogen) atoms. The van der Waals surface area contributed by atoms with Crippen molar-refractivity contribution in [3.63, 3.8) is 0 Å². The van der Waals surface area contributed by atoms with E-state index in [9.17, 15) is 13.2 Å². The van der Waals surface area contributed by atoms with Gasteiger partial charge < -0.3 is 4.74 Å². The summed E-state index contributed by atoms with van der Waals surface area (Å²) in [5, 5.41) is 0. The molecule has 0 saturated heterocycles. The Morgan fingerprint density at radius 2 is 1.67 bits per heavy atom. The minimum atomic E-state index is -2.57. The third-order valence-corrected chi connectivity index (χ3v) is 0.890. The highest BCUT2D eigenvalue weighted by Crippen LogP contribution is 2.15. The van der Waals surface area contributed by atoms with Crippen molar-refractivity contribution in [2.45, 2.75) is 33.1 Å². The van der Waals surface area contributed by atoms with Crippen molar-refractivity contribution >= 4 is 0 Å². The van der Waals surface area contributed by atoms with Gasteiger partial charge in [-0.2, -0.15) is 0 Å². The van der Waals surface area contributed by atoms with E-state index in [1.54, 1.807) is 6.92 Å². The fourth-order valence-corrected chi connectivity index (χ4v) is 0.396. The zero-order chi connectivity index (χ0) is 10.0. The van der Waals surface area contributed by atoms with E-state index in [4.69, 9.17) is 4.74 Å². The van der Waals surface area contributed by atoms with Gasteiger partial charge >= 0.3 is 0 Å². The van der Waals surface area contributed by atoms with Gasteiger partial charge in [0.05, 0.1) is 13.3 Å². The van der Waals surface area contributed by atoms with Gasteiger partial charge in [0.2, 0.25) is 5.92 Å². The first-order valence-corrected chi connectivity index (χ1v) is 3.99. The highest BCUT2D eigenvalue weighted by molar-refractivity contribution is 4.55. The van der Waals surface area contributed by atoms with Crippen LogP contribution in [0.4, 0.5) is 13.2 Å². The van der Waals surface area contributed by atoms with Crippen molar-refractivity contribution in [3.05, 3.63) is 0 Å². The molecule has 76 valence electrons. The van der Waals surface area contributed by atoms with Gasteiger partial charge in [0, 0.05) is 13.0 Å². The molecule has 0 aromatic carbocycles. The number of alkyl halides is 3. The molecule has 0 atom stereocenters. The normalized spacial score (nSPS) is 10.5. The molecule has 0 heterocycles. The van der Waals surface area contributed by atoms with Crippen LogP contribution >= 0.6 is 0 Å². The predicted molar refractivity (Wildman–Crippen MR) is 43.4 cm³/mol. The standard InChI is InChI=1S/C6H12F2O.C2H5F/c1-3-9-5-4-6(2,7)8;1-2-3/h3-5H2,1-2H3;2H2,1H3. The summed E-state index contributed by atoms with van der Waals surface area (Å²) in [6.45, 7) is 4.55. The van der Waals surface area contributed by atoms with Gasteiger partial charge in [-0.05, 0) is 20.8 Å². The van der Waals surface area contributed by atoms with Gasteiger partial charge in [0.1, 0.15) is 0 Å². The van der Waals surface area contributed by atoms with Gasteiger partial charge in [-0.1, -0.05) is 0 Å². The minimum absolute atomic E-state index is 0.153. The van der Waals surface area contributed by atoms with Crippen molar-refractivity contribution in [2.75, 3.05) is 19.9 Å². The van der Waals surface area contributed by atoms with Gasteiger partial charge in [0.15, 0.2) is 0 Å². The van der Waals surface area contributed by atoms with E-state index >= 15 is 0 Å². The summed E-state index contributed by atoms with van der Waals surface area (Å²) in [4.78, 5) is 0. The van der Waals surface area contributed by atoms with Gasteiger partial charge in [-0.25, -0.2) is 8.78 Å². The molecule has 0 bridgehead atoms. The van der Waals surface area contributed by atoms with Crippen LogP contribution in [0.1, 0.15) is 27.2 Å². The van der Waals surface area contributed by atoms with E-state index in [-0.39, 0.29) is 19.7 Å². The molecular weight excluding hydrogens is 169 g/mol. The van der Waals surface area contributed by atoms with Gasteiger partial charge in [-0.15, -0.1) is 0 Å². The first kappa shape index (κ1) is 14.3. The van der Waals surface area contributed by atoms with Crippen molar-refractivity contribution in [2.24, 2.45) is 0 Å². The largest absolute Gasteiger partial charge is 0.382 e. The molecule has 0 aromatic heterocycles. The third kappa shape index (κ3) is 22.6. The Morgan fingerprint density at radius 1 is 1.25 bits per heavy atom. The van der Waals surface area contributed by atoms with Crippen LogP contribution in [0.25, 0.3) is 0 Å². The maximum Gasteiger partial charge on any atom is 0.247 e. The third-order valence-electron chi connectivity index (χ3n) is 0.890. The van der Waals surface area contributed by atoms with E-state index in [2.05, 4.69) is 0 Å². The molecule has 0 aromatic rings. The molecule has 0 aliphatic heterocycles. The fourth-order valence-electron chi connectivity index (χ4n) is 0.396. The van der Waals surface area contributed by atoms with E-state index < -0.39 is 5.92 Å². The second-order valence-corrected chi connectivity index (χ2v) is 2.28. The maximum atomic E-state index is 12.0. The Labute approximate surface area is 71.9 Å². The molecule has 0 rings (SSSR count). The Hall–Kier alpha value is -0.250. The maximum absolute atomic E-state index is 12.0. The van der Waals surface area contributed by atoms with Gasteiger partial charge in [-0.3, -0.25) is 4.39 Å². The summed E-state index contributed by atoms with van der Waals surface area (Å²) in [7, 11) is 0. The summed E-state index contributed by atoms with van der Waals surface area (Å²) in [6, 6.07) is 0. The average molecular weight is 186 g/mol. The first-order valence-electron chi connectivity index (χ1n) is 3.99. The van der Waals surface area contributed by atoms with Gasteiger partial charge in [0.25, 0.3) is 0 Å². The highest BCUT2D eigenvalue weighted by Gasteiger charge is 2.19. The molecule has 4 heteroatoms. The van der Waals surface area contributed by atoms with Crippen molar-refractivity contribution in [3.8, 4) is 0 Å². The lowest BCUT2D eigenvalue weighted by Crippen LogP contribution is -2.13. The lowest BCUT2D eigenvalue weighted by molar-refractivity contribution is -0.0147. The number of rotatable bonds is 4. The van der Waals surface area contributed by atoms with Crippen LogP contribution in [0.2, 0.25) is 0 Å². The molecule has 0 saturated carbocycles. The monoisotopic (exact) mass is 186 g/mol. The van der Waals surface area contributed by atoms with Crippen LogP contribution in [0.15, 0.2) is 0 Å². The van der Waals surface area contributed by atoms with E-state index in [1.807, 2.05) is 0 Å². The zero-order valence-corrected chi connectivity index (χ0v) is 7.87. The van der Waals surface area contributed by atoms with Crippen LogP contribution in [-0.2, 0) is 4.74 Å². The second-order valence-electron chi connectivity index (χ2n) is 2.28. The molecule has 0 N–H and O–H groups in total. The van der Waals surface area contributed by atoms with Crippen molar-refractivity contribution in [1.29, 1.82) is 0 Å². The summed E-state index contributed by atoms with van der Waals surface area (Å²) in [5.74, 6) is -2.57. The molecule has 0 amide bonds. The predicted octanol–water partition coefficient (Wildman–Crippen LogP) is 3.04. The van der Waals surface area contributed by atoms with E-state index in [0.29, 0.717) is 6.61 Å². The Bertz CT molecular complexity index is 80.9. The van der Waals surface area contributed by atoms with E-state index in [1.165, 1.54) is 6.92 Å².